The molecule has 1 atom stereocenters. The molecule has 4 nitrogen and oxygen atoms in total. The highest BCUT2D eigenvalue weighted by atomic mass is 16.2. The Kier molecular flexibility index (Phi) is 4.43. The van der Waals surface area contributed by atoms with Crippen LogP contribution < -0.4 is 11.2 Å². The van der Waals surface area contributed by atoms with Gasteiger partial charge in [-0.2, -0.15) is 0 Å². The molecule has 0 spiro atoms. The lowest BCUT2D eigenvalue weighted by Gasteiger charge is -2.35. The molecule has 1 aromatic rings. The van der Waals surface area contributed by atoms with Crippen molar-refractivity contribution in [3.63, 3.8) is 0 Å². The van der Waals surface area contributed by atoms with Crippen LogP contribution >= 0.6 is 0 Å². The second kappa shape index (κ2) is 5.35. The van der Waals surface area contributed by atoms with E-state index < -0.39 is 0 Å². The Balaban J connectivity index is 3.09. The summed E-state index contributed by atoms with van der Waals surface area (Å²) in [5, 5.41) is 0. The lowest BCUT2D eigenvalue weighted by Crippen LogP contribution is -2.40. The van der Waals surface area contributed by atoms with Gasteiger partial charge in [-0.3, -0.25) is 9.36 Å². The maximum Gasteiger partial charge on any atom is 0.328 e. The molecular weight excluding hydrogens is 240 g/mol. The first-order valence-corrected chi connectivity index (χ1v) is 6.79. The van der Waals surface area contributed by atoms with Gasteiger partial charge in [0, 0.05) is 18.8 Å². The van der Waals surface area contributed by atoms with E-state index in [2.05, 4.69) is 46.5 Å². The predicted octanol–water partition coefficient (Wildman–Crippen LogP) is 2.64. The van der Waals surface area contributed by atoms with E-state index in [1.54, 1.807) is 0 Å². The van der Waals surface area contributed by atoms with Crippen LogP contribution in [0.2, 0.25) is 0 Å². The van der Waals surface area contributed by atoms with Gasteiger partial charge < -0.3 is 4.98 Å². The van der Waals surface area contributed by atoms with Crippen LogP contribution in [-0.2, 0) is 6.54 Å². The van der Waals surface area contributed by atoms with Crippen LogP contribution in [0.1, 0.15) is 48.0 Å². The maximum atomic E-state index is 11.8. The van der Waals surface area contributed by atoms with Crippen molar-refractivity contribution in [1.29, 1.82) is 0 Å². The van der Waals surface area contributed by atoms with E-state index >= 15 is 0 Å². The summed E-state index contributed by atoms with van der Waals surface area (Å²) in [6.07, 6.45) is 2.37. The average Bonchev–Trinajstić information content (AvgIpc) is 2.18. The van der Waals surface area contributed by atoms with Gasteiger partial charge in [-0.1, -0.05) is 41.5 Å². The summed E-state index contributed by atoms with van der Waals surface area (Å²) < 4.78 is 1.31. The molecule has 0 aliphatic heterocycles. The minimum absolute atomic E-state index is 0.0506. The van der Waals surface area contributed by atoms with Gasteiger partial charge >= 0.3 is 5.69 Å². The Hall–Kier alpha value is -1.32. The Morgan fingerprint density at radius 2 is 1.74 bits per heavy atom. The third-order valence-corrected chi connectivity index (χ3v) is 3.43. The van der Waals surface area contributed by atoms with Gasteiger partial charge in [0.25, 0.3) is 5.56 Å². The molecule has 0 radical (unpaired) electrons. The van der Waals surface area contributed by atoms with Crippen molar-refractivity contribution in [3.8, 4) is 0 Å². The molecular formula is C15H26N2O2. The van der Waals surface area contributed by atoms with Crippen LogP contribution in [0, 0.1) is 16.7 Å². The van der Waals surface area contributed by atoms with Gasteiger partial charge in [0.15, 0.2) is 0 Å². The van der Waals surface area contributed by atoms with Crippen LogP contribution in [-0.4, -0.2) is 9.55 Å². The third-order valence-electron chi connectivity index (χ3n) is 3.43. The fourth-order valence-electron chi connectivity index (χ4n) is 2.23. The molecule has 1 N–H and O–H groups in total. The fraction of sp³-hybridized carbons (Fsp3) is 0.733. The lowest BCUT2D eigenvalue weighted by atomic mass is 9.72. The van der Waals surface area contributed by atoms with Crippen LogP contribution in [0.15, 0.2) is 21.9 Å². The number of nitrogens with zero attached hydrogens (tertiary/aromatic N) is 1. The molecule has 108 valence electrons. The van der Waals surface area contributed by atoms with Gasteiger partial charge in [-0.15, -0.1) is 0 Å². The highest BCUT2D eigenvalue weighted by Crippen LogP contribution is 2.36. The largest absolute Gasteiger partial charge is 0.328 e. The summed E-state index contributed by atoms with van der Waals surface area (Å²) in [5.74, 6) is 0.272. The first-order chi connectivity index (χ1) is 8.50. The minimum Gasteiger partial charge on any atom is -0.314 e. The van der Waals surface area contributed by atoms with Crippen molar-refractivity contribution >= 4 is 0 Å². The molecule has 0 aliphatic carbocycles. The smallest absolute Gasteiger partial charge is 0.314 e. The van der Waals surface area contributed by atoms with Gasteiger partial charge in [-0.05, 0) is 23.2 Å². The molecule has 1 aromatic heterocycles. The molecule has 0 saturated carbocycles. The average molecular weight is 266 g/mol. The molecule has 19 heavy (non-hydrogen) atoms. The number of aromatic amines is 1. The van der Waals surface area contributed by atoms with E-state index in [9.17, 15) is 9.59 Å². The summed E-state index contributed by atoms with van der Waals surface area (Å²) in [6.45, 7) is 13.5. The van der Waals surface area contributed by atoms with Crippen molar-refractivity contribution < 1.29 is 0 Å². The van der Waals surface area contributed by atoms with Gasteiger partial charge in [0.1, 0.15) is 0 Å². The zero-order valence-corrected chi connectivity index (χ0v) is 12.9. The van der Waals surface area contributed by atoms with E-state index in [0.717, 1.165) is 6.42 Å². The van der Waals surface area contributed by atoms with Crippen molar-refractivity contribution in [2.24, 2.45) is 16.7 Å². The summed E-state index contributed by atoms with van der Waals surface area (Å²) in [7, 11) is 0. The van der Waals surface area contributed by atoms with E-state index in [0.29, 0.717) is 6.54 Å². The Morgan fingerprint density at radius 3 is 2.16 bits per heavy atom. The summed E-state index contributed by atoms with van der Waals surface area (Å²) in [5.41, 5.74) is -0.333. The fourth-order valence-corrected chi connectivity index (χ4v) is 2.23. The number of hydrogen-bond acceptors (Lipinski definition) is 2. The van der Waals surface area contributed by atoms with Crippen LogP contribution in [0.3, 0.4) is 0 Å². The minimum atomic E-state index is -0.323. The van der Waals surface area contributed by atoms with Gasteiger partial charge in [-0.25, -0.2) is 4.79 Å². The normalized spacial score (nSPS) is 14.4. The molecule has 1 heterocycles. The number of H-pyrrole nitrogens is 1. The predicted molar refractivity (Wildman–Crippen MR) is 78.3 cm³/mol. The van der Waals surface area contributed by atoms with E-state index in [1.165, 1.54) is 16.8 Å². The SMILES string of the molecule is CC(C)(C)CC(Cn1c(=O)cc[nH]c1=O)C(C)(C)C. The maximum absolute atomic E-state index is 11.8. The van der Waals surface area contributed by atoms with E-state index in [1.807, 2.05) is 0 Å². The summed E-state index contributed by atoms with van der Waals surface area (Å²) >= 11 is 0. The Morgan fingerprint density at radius 1 is 1.16 bits per heavy atom. The first-order valence-electron chi connectivity index (χ1n) is 6.79. The first kappa shape index (κ1) is 15.7. The van der Waals surface area contributed by atoms with Crippen LogP contribution in [0.25, 0.3) is 0 Å². The Labute approximate surface area is 114 Å². The third kappa shape index (κ3) is 4.69. The second-order valence-electron chi connectivity index (χ2n) is 7.56. The van der Waals surface area contributed by atoms with E-state index in [4.69, 9.17) is 0 Å². The lowest BCUT2D eigenvalue weighted by molar-refractivity contribution is 0.142. The van der Waals surface area contributed by atoms with E-state index in [-0.39, 0.29) is 28.0 Å². The highest BCUT2D eigenvalue weighted by Gasteiger charge is 2.29. The van der Waals surface area contributed by atoms with Crippen molar-refractivity contribution in [3.05, 3.63) is 33.1 Å². The molecule has 0 aromatic carbocycles. The molecule has 4 heteroatoms. The molecule has 0 aliphatic rings. The topological polar surface area (TPSA) is 54.9 Å². The number of hydrogen-bond donors (Lipinski definition) is 1. The van der Waals surface area contributed by atoms with Crippen molar-refractivity contribution in [2.45, 2.75) is 54.5 Å². The van der Waals surface area contributed by atoms with Crippen LogP contribution in [0.5, 0.6) is 0 Å². The van der Waals surface area contributed by atoms with Gasteiger partial charge in [0.05, 0.1) is 0 Å². The van der Waals surface area contributed by atoms with Crippen molar-refractivity contribution in [1.82, 2.24) is 9.55 Å². The Bertz CT molecular complexity index is 498. The van der Waals surface area contributed by atoms with Gasteiger partial charge in [0.2, 0.25) is 0 Å². The number of rotatable bonds is 3. The molecule has 0 bridgehead atoms. The standard InChI is InChI=1S/C15H26N2O2/c1-14(2,3)9-11(15(4,5)6)10-17-12(18)7-8-16-13(17)19/h7-8,11H,9-10H2,1-6H3,(H,16,19). The number of nitrogens with one attached hydrogen (secondary N) is 1. The quantitative estimate of drug-likeness (QED) is 0.914. The van der Waals surface area contributed by atoms with Crippen LogP contribution in [0.4, 0.5) is 0 Å². The highest BCUT2D eigenvalue weighted by molar-refractivity contribution is 4.86. The zero-order chi connectivity index (χ0) is 14.8. The molecule has 0 saturated heterocycles. The molecule has 1 unspecified atom stereocenters. The molecule has 0 amide bonds. The monoisotopic (exact) mass is 266 g/mol. The second-order valence-corrected chi connectivity index (χ2v) is 7.56. The summed E-state index contributed by atoms with van der Waals surface area (Å²) in [4.78, 5) is 26.2. The molecule has 0 fully saturated rings. The number of aromatic nitrogens is 2. The summed E-state index contributed by atoms with van der Waals surface area (Å²) in [6, 6.07) is 1.40. The zero-order valence-electron chi connectivity index (χ0n) is 12.9. The molecule has 1 rings (SSSR count). The van der Waals surface area contributed by atoms with Crippen molar-refractivity contribution in [2.75, 3.05) is 0 Å².